The van der Waals surface area contributed by atoms with Crippen LogP contribution in [0.3, 0.4) is 0 Å². The van der Waals surface area contributed by atoms with E-state index in [1.807, 2.05) is 49.4 Å². The van der Waals surface area contributed by atoms with Gasteiger partial charge in [0.25, 0.3) is 5.91 Å². The van der Waals surface area contributed by atoms with Crippen molar-refractivity contribution in [2.24, 2.45) is 0 Å². The minimum absolute atomic E-state index is 0.0513. The quantitative estimate of drug-likeness (QED) is 0.473. The Hall–Kier alpha value is -4.12. The van der Waals surface area contributed by atoms with Gasteiger partial charge in [0, 0.05) is 42.7 Å². The highest BCUT2D eigenvalue weighted by Gasteiger charge is 2.75. The molecule has 7 heteroatoms. The Balaban J connectivity index is 1.25. The van der Waals surface area contributed by atoms with Gasteiger partial charge < -0.3 is 19.8 Å². The van der Waals surface area contributed by atoms with Crippen LogP contribution < -0.4 is 4.74 Å². The zero-order valence-electron chi connectivity index (χ0n) is 23.8. The number of piperidine rings is 1. The van der Waals surface area contributed by atoms with E-state index in [0.29, 0.717) is 43.5 Å². The van der Waals surface area contributed by atoms with E-state index >= 15 is 0 Å². The van der Waals surface area contributed by atoms with Gasteiger partial charge in [0.2, 0.25) is 0 Å². The number of carbonyl (C=O) groups is 2. The molecule has 0 aromatic heterocycles. The van der Waals surface area contributed by atoms with E-state index < -0.39 is 29.2 Å². The number of aryl methyl sites for hydroxylation is 1. The maximum atomic E-state index is 14.1. The first-order chi connectivity index (χ1) is 20.2. The number of phenolic OH excluding ortho intramolecular Hbond substituents is 1. The van der Waals surface area contributed by atoms with Crippen LogP contribution in [0.1, 0.15) is 51.9 Å². The van der Waals surface area contributed by atoms with E-state index in [9.17, 15) is 19.8 Å². The fraction of sp³-hybridized carbons (Fsp3) is 0.371. The summed E-state index contributed by atoms with van der Waals surface area (Å²) in [7, 11) is 1.73. The number of rotatable bonds is 4. The number of likely N-dealkylation sites (N-methyl/N-ethyl adjacent to an activating group) is 1. The smallest absolute Gasteiger partial charge is 0.298 e. The first kappa shape index (κ1) is 26.8. The van der Waals surface area contributed by atoms with E-state index in [0.717, 1.165) is 17.5 Å². The molecule has 2 aliphatic carbocycles. The molecule has 7 nitrogen and oxygen atoms in total. The number of hydrogen-bond donors (Lipinski definition) is 2. The molecular formula is C35H34N2O5. The molecule has 7 rings (SSSR count). The van der Waals surface area contributed by atoms with Crippen LogP contribution in [-0.4, -0.2) is 75.6 Å². The number of ketones is 1. The second kappa shape index (κ2) is 9.72. The van der Waals surface area contributed by atoms with Crippen LogP contribution in [0, 0.1) is 18.8 Å². The Kier molecular flexibility index (Phi) is 6.19. The van der Waals surface area contributed by atoms with Crippen LogP contribution in [0.5, 0.6) is 11.5 Å². The van der Waals surface area contributed by atoms with Gasteiger partial charge in [0.05, 0.1) is 11.5 Å². The van der Waals surface area contributed by atoms with Gasteiger partial charge in [-0.05, 0) is 68.0 Å². The minimum Gasteiger partial charge on any atom is -0.504 e. The number of Topliss-reactive ketones (excluding diaryl/α,β-unsaturated/α-hetero) is 1. The maximum absolute atomic E-state index is 14.1. The van der Waals surface area contributed by atoms with Crippen LogP contribution >= 0.6 is 0 Å². The molecule has 2 aliphatic heterocycles. The molecule has 0 radical (unpaired) electrons. The van der Waals surface area contributed by atoms with Gasteiger partial charge in [-0.25, -0.2) is 0 Å². The predicted molar refractivity (Wildman–Crippen MR) is 157 cm³/mol. The predicted octanol–water partition coefficient (Wildman–Crippen LogP) is 3.62. The Morgan fingerprint density at radius 1 is 1.12 bits per heavy atom. The van der Waals surface area contributed by atoms with E-state index in [-0.39, 0.29) is 23.2 Å². The Labute approximate surface area is 245 Å². The first-order valence-corrected chi connectivity index (χ1v) is 14.7. The van der Waals surface area contributed by atoms with Gasteiger partial charge in [-0.3, -0.25) is 14.5 Å². The van der Waals surface area contributed by atoms with Crippen molar-refractivity contribution in [3.8, 4) is 23.3 Å². The summed E-state index contributed by atoms with van der Waals surface area (Å²) < 4.78 is 6.53. The third kappa shape index (κ3) is 3.75. The molecule has 2 N–H and O–H groups in total. The molecular weight excluding hydrogens is 528 g/mol. The maximum Gasteiger partial charge on any atom is 0.298 e. The topological polar surface area (TPSA) is 90.3 Å². The zero-order chi connectivity index (χ0) is 29.2. The number of phenols is 1. The molecule has 1 spiro atoms. The Bertz CT molecular complexity index is 1660. The molecule has 2 fully saturated rings. The fourth-order valence-corrected chi connectivity index (χ4v) is 8.11. The SMILES string of the molecule is Cc1cccc(C#CC(=O)N(C)[C@@H]2CC[C@@]3(O)[C@H]4C(=O)c5ccc(O)c6c5[C@@]3(CCN4CCc3ccccc3)[C@H]2O6)c1. The summed E-state index contributed by atoms with van der Waals surface area (Å²) >= 11 is 0. The van der Waals surface area contributed by atoms with Crippen molar-refractivity contribution in [2.45, 2.75) is 61.8 Å². The number of carbonyl (C=O) groups excluding carboxylic acids is 2. The Morgan fingerprint density at radius 3 is 2.71 bits per heavy atom. The summed E-state index contributed by atoms with van der Waals surface area (Å²) in [5.74, 6) is 5.52. The van der Waals surface area contributed by atoms with Crippen molar-refractivity contribution in [1.29, 1.82) is 0 Å². The van der Waals surface area contributed by atoms with E-state index in [1.54, 1.807) is 18.0 Å². The van der Waals surface area contributed by atoms with Crippen LogP contribution in [0.15, 0.2) is 66.7 Å². The largest absolute Gasteiger partial charge is 0.504 e. The van der Waals surface area contributed by atoms with Gasteiger partial charge >= 0.3 is 0 Å². The van der Waals surface area contributed by atoms with Crippen molar-refractivity contribution in [3.05, 3.63) is 94.5 Å². The highest BCUT2D eigenvalue weighted by molar-refractivity contribution is 6.06. The molecule has 1 saturated carbocycles. The number of nitrogens with zero attached hydrogens (tertiary/aromatic N) is 2. The summed E-state index contributed by atoms with van der Waals surface area (Å²) in [4.78, 5) is 31.3. The van der Waals surface area contributed by atoms with Crippen LogP contribution in [0.4, 0.5) is 0 Å². The number of benzene rings is 3. The third-order valence-electron chi connectivity index (χ3n) is 10.1. The molecule has 1 saturated heterocycles. The fourth-order valence-electron chi connectivity index (χ4n) is 8.11. The van der Waals surface area contributed by atoms with Crippen LogP contribution in [-0.2, 0) is 16.6 Å². The molecule has 1 amide bonds. The highest BCUT2D eigenvalue weighted by Crippen LogP contribution is 2.65. The lowest BCUT2D eigenvalue weighted by Crippen LogP contribution is -2.79. The summed E-state index contributed by atoms with van der Waals surface area (Å²) in [5, 5.41) is 23.6. The number of likely N-dealkylation sites (tertiary alicyclic amines) is 1. The number of amides is 1. The summed E-state index contributed by atoms with van der Waals surface area (Å²) in [6.07, 6.45) is 1.45. The van der Waals surface area contributed by atoms with E-state index in [2.05, 4.69) is 28.9 Å². The first-order valence-electron chi connectivity index (χ1n) is 14.7. The van der Waals surface area contributed by atoms with Gasteiger partial charge in [0.15, 0.2) is 17.3 Å². The van der Waals surface area contributed by atoms with Crippen molar-refractivity contribution in [1.82, 2.24) is 9.80 Å². The monoisotopic (exact) mass is 562 g/mol. The number of hydrogen-bond acceptors (Lipinski definition) is 6. The molecule has 5 atom stereocenters. The molecule has 3 aromatic carbocycles. The average molecular weight is 563 g/mol. The summed E-state index contributed by atoms with van der Waals surface area (Å²) in [6.45, 7) is 3.22. The number of ether oxygens (including phenoxy) is 1. The van der Waals surface area contributed by atoms with Crippen LogP contribution in [0.2, 0.25) is 0 Å². The standard InChI is InChI=1S/C35H34N2O5/c1-22-7-6-10-24(21-22)11-14-28(39)36(2)26-15-17-35(41)32-30(40)25-12-13-27(38)31-29(25)34(35,33(26)42-31)18-20-37(32)19-16-23-8-4-3-5-9-23/h3-10,12-13,21,26,32-33,38,41H,15-20H2,1-2H3/t26-,32-,33+,34+,35-/m1/s1. The normalized spacial score (nSPS) is 28.7. The third-order valence-corrected chi connectivity index (χ3v) is 10.1. The van der Waals surface area contributed by atoms with Gasteiger partial charge in [-0.1, -0.05) is 48.4 Å². The summed E-state index contributed by atoms with van der Waals surface area (Å²) in [5.41, 5.74) is 1.79. The average Bonchev–Trinajstić information content (AvgIpc) is 3.34. The molecule has 4 aliphatic rings. The molecule has 42 heavy (non-hydrogen) atoms. The van der Waals surface area contributed by atoms with Crippen molar-refractivity contribution in [3.63, 3.8) is 0 Å². The van der Waals surface area contributed by atoms with Gasteiger partial charge in [0.1, 0.15) is 17.7 Å². The Morgan fingerprint density at radius 2 is 1.93 bits per heavy atom. The summed E-state index contributed by atoms with van der Waals surface area (Å²) in [6, 6.07) is 19.9. The van der Waals surface area contributed by atoms with E-state index in [4.69, 9.17) is 4.74 Å². The molecule has 0 unspecified atom stereocenters. The van der Waals surface area contributed by atoms with Gasteiger partial charge in [-0.2, -0.15) is 0 Å². The molecule has 2 bridgehead atoms. The number of aromatic hydroxyl groups is 1. The second-order valence-corrected chi connectivity index (χ2v) is 12.2. The van der Waals surface area contributed by atoms with Crippen molar-refractivity contribution >= 4 is 11.7 Å². The van der Waals surface area contributed by atoms with Crippen molar-refractivity contribution in [2.75, 3.05) is 20.1 Å². The molecule has 3 aromatic rings. The number of aliphatic hydroxyl groups is 1. The second-order valence-electron chi connectivity index (χ2n) is 12.2. The molecule has 2 heterocycles. The molecule has 214 valence electrons. The zero-order valence-corrected chi connectivity index (χ0v) is 23.8. The van der Waals surface area contributed by atoms with E-state index in [1.165, 1.54) is 11.6 Å². The van der Waals surface area contributed by atoms with Crippen molar-refractivity contribution < 1.29 is 24.5 Å². The minimum atomic E-state index is -1.40. The lowest BCUT2D eigenvalue weighted by atomic mass is 9.48. The highest BCUT2D eigenvalue weighted by atomic mass is 16.5. The lowest BCUT2D eigenvalue weighted by Gasteiger charge is -2.63. The van der Waals surface area contributed by atoms with Gasteiger partial charge in [-0.15, -0.1) is 0 Å². The lowest BCUT2D eigenvalue weighted by molar-refractivity contribution is -0.187. The van der Waals surface area contributed by atoms with Crippen LogP contribution in [0.25, 0.3) is 0 Å².